The molecule has 1 aliphatic heterocycles. The Morgan fingerprint density at radius 1 is 1.14 bits per heavy atom. The van der Waals surface area contributed by atoms with E-state index in [4.69, 9.17) is 0 Å². The second-order valence-electron chi connectivity index (χ2n) is 8.67. The van der Waals surface area contributed by atoms with E-state index in [1.54, 1.807) is 31.2 Å². The van der Waals surface area contributed by atoms with Gasteiger partial charge in [0.15, 0.2) is 0 Å². The molecule has 36 heavy (non-hydrogen) atoms. The van der Waals surface area contributed by atoms with Crippen molar-refractivity contribution in [3.8, 4) is 0 Å². The van der Waals surface area contributed by atoms with Crippen LogP contribution in [0.25, 0.3) is 0 Å². The first-order valence-corrected chi connectivity index (χ1v) is 12.7. The van der Waals surface area contributed by atoms with Gasteiger partial charge in [-0.2, -0.15) is 17.5 Å². The number of carbonyl (C=O) groups is 2. The zero-order valence-electron chi connectivity index (χ0n) is 19.4. The third-order valence-corrected chi connectivity index (χ3v) is 7.94. The highest BCUT2D eigenvalue weighted by atomic mass is 32.2. The number of amides is 1. The van der Waals surface area contributed by atoms with E-state index >= 15 is 0 Å². The maximum absolute atomic E-state index is 13.2. The molecule has 0 spiro atoms. The van der Waals surface area contributed by atoms with E-state index in [9.17, 15) is 41.4 Å². The Morgan fingerprint density at radius 3 is 2.39 bits per heavy atom. The highest BCUT2D eigenvalue weighted by Gasteiger charge is 2.40. The summed E-state index contributed by atoms with van der Waals surface area (Å²) in [6, 6.07) is 7.16. The number of aliphatic hydroxyl groups excluding tert-OH is 1. The number of hydrogen-bond donors (Lipinski definition) is 3. The van der Waals surface area contributed by atoms with Crippen molar-refractivity contribution in [2.24, 2.45) is 0 Å². The van der Waals surface area contributed by atoms with Gasteiger partial charge in [0.1, 0.15) is 12.1 Å². The summed E-state index contributed by atoms with van der Waals surface area (Å²) in [6.07, 6.45) is -4.55. The lowest BCUT2D eigenvalue weighted by Gasteiger charge is -2.34. The number of aliphatic hydroxyl groups is 1. The van der Waals surface area contributed by atoms with Crippen LogP contribution in [0, 0.1) is 0 Å². The van der Waals surface area contributed by atoms with E-state index in [0.717, 1.165) is 22.5 Å². The third kappa shape index (κ3) is 6.42. The molecule has 3 atom stereocenters. The van der Waals surface area contributed by atoms with Crippen molar-refractivity contribution >= 4 is 21.9 Å². The molecule has 0 radical (unpaired) electrons. The number of nitrogens with one attached hydrogen (secondary N) is 1. The van der Waals surface area contributed by atoms with E-state index in [1.807, 2.05) is 0 Å². The molecule has 8 nitrogen and oxygen atoms in total. The molecular formula is C24H27F3N2O6S. The average Bonchev–Trinajstić information content (AvgIpc) is 2.83. The second-order valence-corrected chi connectivity index (χ2v) is 10.6. The van der Waals surface area contributed by atoms with Crippen molar-refractivity contribution in [3.63, 3.8) is 0 Å². The predicted octanol–water partition coefficient (Wildman–Crippen LogP) is 3.11. The fraction of sp³-hybridized carbons (Fsp3) is 0.417. The quantitative estimate of drug-likeness (QED) is 0.484. The van der Waals surface area contributed by atoms with Crippen LogP contribution in [0.4, 0.5) is 13.2 Å². The summed E-state index contributed by atoms with van der Waals surface area (Å²) in [6.45, 7) is 1.49. The van der Waals surface area contributed by atoms with Crippen LogP contribution in [0.5, 0.6) is 0 Å². The van der Waals surface area contributed by atoms with Gasteiger partial charge in [0.05, 0.1) is 16.6 Å². The summed E-state index contributed by atoms with van der Waals surface area (Å²) >= 11 is 0. The molecule has 0 aromatic heterocycles. The normalized spacial score (nSPS) is 18.9. The predicted molar refractivity (Wildman–Crippen MR) is 123 cm³/mol. The van der Waals surface area contributed by atoms with E-state index < -0.39 is 56.7 Å². The van der Waals surface area contributed by atoms with Gasteiger partial charge >= 0.3 is 12.1 Å². The molecular weight excluding hydrogens is 501 g/mol. The number of hydrogen-bond acceptors (Lipinski definition) is 5. The second kappa shape index (κ2) is 11.0. The number of carbonyl (C=O) groups excluding carboxylic acids is 1. The summed E-state index contributed by atoms with van der Waals surface area (Å²) in [4.78, 5) is 24.3. The highest BCUT2D eigenvalue weighted by Crippen LogP contribution is 2.32. The van der Waals surface area contributed by atoms with Crippen molar-refractivity contribution in [1.82, 2.24) is 9.62 Å². The number of piperidine rings is 1. The standard InChI is InChI=1S/C24H27F3N2O6S/c1-15(30)17-10-8-16(9-11-17)13-20(23(32)33)28-22(31)21-7-2-3-12-29(21)36(34,35)19-6-4-5-18(14-19)24(25,26)27/h4-6,8-11,14-15,20-21,30H,2-3,7,12-13H2,1H3,(H,28,31)(H,32,33)/t15-,20?,21-/m0/s1. The third-order valence-electron chi connectivity index (χ3n) is 6.04. The topological polar surface area (TPSA) is 124 Å². The molecule has 196 valence electrons. The minimum atomic E-state index is -4.74. The van der Waals surface area contributed by atoms with E-state index in [0.29, 0.717) is 30.0 Å². The molecule has 1 saturated heterocycles. The van der Waals surface area contributed by atoms with Crippen LogP contribution in [0.2, 0.25) is 0 Å². The highest BCUT2D eigenvalue weighted by molar-refractivity contribution is 7.89. The van der Waals surface area contributed by atoms with E-state index in [1.165, 1.54) is 0 Å². The molecule has 12 heteroatoms. The summed E-state index contributed by atoms with van der Waals surface area (Å²) in [5, 5.41) is 21.6. The maximum Gasteiger partial charge on any atom is 0.416 e. The monoisotopic (exact) mass is 528 g/mol. The fourth-order valence-corrected chi connectivity index (χ4v) is 5.76. The number of benzene rings is 2. The number of halogens is 3. The number of rotatable bonds is 8. The number of carboxylic acid groups (broad SMARTS) is 1. The first-order chi connectivity index (χ1) is 16.8. The van der Waals surface area contributed by atoms with Gasteiger partial charge < -0.3 is 15.5 Å². The minimum Gasteiger partial charge on any atom is -0.480 e. The SMILES string of the molecule is C[C@H](O)c1ccc(CC(NC(=O)[C@@H]2CCCCN2S(=O)(=O)c2cccc(C(F)(F)F)c2)C(=O)O)cc1. The van der Waals surface area contributed by atoms with Crippen LogP contribution in [0.1, 0.15) is 49.0 Å². The van der Waals surface area contributed by atoms with Crippen molar-refractivity contribution in [1.29, 1.82) is 0 Å². The number of carboxylic acids is 1. The average molecular weight is 529 g/mol. The Balaban J connectivity index is 1.81. The first-order valence-electron chi connectivity index (χ1n) is 11.3. The zero-order valence-corrected chi connectivity index (χ0v) is 20.2. The number of alkyl halides is 3. The Kier molecular flexibility index (Phi) is 8.42. The summed E-state index contributed by atoms with van der Waals surface area (Å²) in [5.74, 6) is -2.16. The molecule has 0 aliphatic carbocycles. The van der Waals surface area contributed by atoms with Gasteiger partial charge in [0, 0.05) is 13.0 Å². The molecule has 0 bridgehead atoms. The Morgan fingerprint density at radius 2 is 1.81 bits per heavy atom. The van der Waals surface area contributed by atoms with Gasteiger partial charge in [0.25, 0.3) is 0 Å². The fourth-order valence-electron chi connectivity index (χ4n) is 4.06. The molecule has 1 aliphatic rings. The molecule has 1 amide bonds. The largest absolute Gasteiger partial charge is 0.480 e. The Labute approximate surface area is 206 Å². The van der Waals surface area contributed by atoms with Crippen LogP contribution < -0.4 is 5.32 Å². The van der Waals surface area contributed by atoms with Gasteiger partial charge in [-0.1, -0.05) is 36.8 Å². The Bertz CT molecular complexity index is 1200. The van der Waals surface area contributed by atoms with Gasteiger partial charge in [-0.3, -0.25) is 4.79 Å². The number of nitrogens with zero attached hydrogens (tertiary/aromatic N) is 1. The van der Waals surface area contributed by atoms with E-state index in [-0.39, 0.29) is 19.4 Å². The molecule has 3 rings (SSSR count). The molecule has 2 aromatic rings. The summed E-state index contributed by atoms with van der Waals surface area (Å²) in [7, 11) is -4.47. The smallest absolute Gasteiger partial charge is 0.416 e. The summed E-state index contributed by atoms with van der Waals surface area (Å²) < 4.78 is 66.7. The van der Waals surface area contributed by atoms with Crippen molar-refractivity contribution < 1.29 is 41.4 Å². The van der Waals surface area contributed by atoms with Crippen molar-refractivity contribution in [3.05, 3.63) is 65.2 Å². The van der Waals surface area contributed by atoms with Crippen LogP contribution in [0.3, 0.4) is 0 Å². The lowest BCUT2D eigenvalue weighted by Crippen LogP contribution is -2.55. The molecule has 3 N–H and O–H groups in total. The van der Waals surface area contributed by atoms with Crippen LogP contribution in [-0.2, 0) is 32.2 Å². The van der Waals surface area contributed by atoms with Crippen molar-refractivity contribution in [2.45, 2.75) is 61.9 Å². The lowest BCUT2D eigenvalue weighted by atomic mass is 10.0. The molecule has 1 fully saturated rings. The Hall–Kier alpha value is -2.96. The van der Waals surface area contributed by atoms with Crippen LogP contribution >= 0.6 is 0 Å². The van der Waals surface area contributed by atoms with Crippen LogP contribution in [-0.4, -0.2) is 53.4 Å². The van der Waals surface area contributed by atoms with Crippen LogP contribution in [0.15, 0.2) is 53.4 Å². The molecule has 1 heterocycles. The lowest BCUT2D eigenvalue weighted by molar-refractivity contribution is -0.142. The van der Waals surface area contributed by atoms with E-state index in [2.05, 4.69) is 5.32 Å². The minimum absolute atomic E-state index is 0.0881. The first kappa shape index (κ1) is 27.6. The van der Waals surface area contributed by atoms with Crippen molar-refractivity contribution in [2.75, 3.05) is 6.54 Å². The van der Waals surface area contributed by atoms with Gasteiger partial charge in [-0.15, -0.1) is 0 Å². The molecule has 2 aromatic carbocycles. The van der Waals surface area contributed by atoms with Gasteiger partial charge in [-0.05, 0) is 49.1 Å². The zero-order chi connectivity index (χ0) is 26.7. The molecule has 1 unspecified atom stereocenters. The number of sulfonamides is 1. The summed E-state index contributed by atoms with van der Waals surface area (Å²) in [5.41, 5.74) is 0.0747. The van der Waals surface area contributed by atoms with Gasteiger partial charge in [-0.25, -0.2) is 13.2 Å². The number of aliphatic carboxylic acids is 1. The maximum atomic E-state index is 13.2. The molecule has 0 saturated carbocycles. The van der Waals surface area contributed by atoms with Gasteiger partial charge in [0.2, 0.25) is 15.9 Å².